The van der Waals surface area contributed by atoms with Crippen molar-refractivity contribution in [1.29, 1.82) is 0 Å². The number of aryl methyl sites for hydroxylation is 3. The molecule has 1 aromatic heterocycles. The summed E-state index contributed by atoms with van der Waals surface area (Å²) in [6.45, 7) is 6.25. The van der Waals surface area contributed by atoms with Crippen LogP contribution in [-0.2, 0) is 6.61 Å². The fourth-order valence-corrected chi connectivity index (χ4v) is 3.30. The summed E-state index contributed by atoms with van der Waals surface area (Å²) in [5.41, 5.74) is 4.19. The minimum atomic E-state index is -0.445. The summed E-state index contributed by atoms with van der Waals surface area (Å²) in [5.74, 6) is 0.0699. The summed E-state index contributed by atoms with van der Waals surface area (Å²) < 4.78 is 19.7. The molecule has 1 amide bonds. The molecule has 0 saturated heterocycles. The maximum Gasteiger partial charge on any atom is 0.265 e. The summed E-state index contributed by atoms with van der Waals surface area (Å²) in [4.78, 5) is 12.9. The number of carbonyl (C=O) groups excluding carboxylic acids is 1. The van der Waals surface area contributed by atoms with E-state index in [0.717, 1.165) is 28.0 Å². The molecule has 0 atom stereocenters. The fraction of sp³-hybridized carbons (Fsp3) is 0.190. The van der Waals surface area contributed by atoms with Crippen LogP contribution in [0.1, 0.15) is 31.9 Å². The van der Waals surface area contributed by atoms with Gasteiger partial charge in [0.25, 0.3) is 5.91 Å². The molecule has 3 rings (SSSR count). The van der Waals surface area contributed by atoms with Gasteiger partial charge in [-0.15, -0.1) is 11.3 Å². The molecule has 3 aromatic rings. The highest BCUT2D eigenvalue weighted by atomic mass is 32.1. The molecule has 0 spiro atoms. The molecule has 134 valence electrons. The third-order valence-electron chi connectivity index (χ3n) is 3.99. The molecule has 0 radical (unpaired) electrons. The van der Waals surface area contributed by atoms with Gasteiger partial charge in [-0.05, 0) is 67.1 Å². The molecule has 0 aliphatic heterocycles. The molecule has 0 saturated carbocycles. The third-order valence-corrected chi connectivity index (χ3v) is 4.96. The summed E-state index contributed by atoms with van der Waals surface area (Å²) in [6, 6.07) is 12.5. The number of amides is 1. The van der Waals surface area contributed by atoms with Crippen LogP contribution in [-0.4, -0.2) is 5.91 Å². The lowest BCUT2D eigenvalue weighted by molar-refractivity contribution is 0.103. The lowest BCUT2D eigenvalue weighted by Crippen LogP contribution is -2.11. The van der Waals surface area contributed by atoms with Gasteiger partial charge in [0.1, 0.15) is 18.2 Å². The molecule has 26 heavy (non-hydrogen) atoms. The van der Waals surface area contributed by atoms with Gasteiger partial charge >= 0.3 is 0 Å². The number of nitrogens with one attached hydrogen (secondary N) is 1. The van der Waals surface area contributed by atoms with Crippen molar-refractivity contribution in [2.75, 3.05) is 5.32 Å². The molecule has 0 bridgehead atoms. The number of ether oxygens (including phenoxy) is 1. The van der Waals surface area contributed by atoms with Gasteiger partial charge in [-0.25, -0.2) is 4.39 Å². The molecule has 3 nitrogen and oxygen atoms in total. The molecule has 1 heterocycles. The van der Waals surface area contributed by atoms with Gasteiger partial charge < -0.3 is 10.1 Å². The minimum absolute atomic E-state index is 0.191. The Hall–Kier alpha value is -2.66. The van der Waals surface area contributed by atoms with Crippen LogP contribution in [0, 0.1) is 26.6 Å². The molecule has 1 N–H and O–H groups in total. The number of benzene rings is 2. The van der Waals surface area contributed by atoms with Crippen molar-refractivity contribution in [3.8, 4) is 5.75 Å². The first-order chi connectivity index (χ1) is 12.4. The predicted octanol–water partition coefficient (Wildman–Crippen LogP) is 5.64. The highest BCUT2D eigenvalue weighted by Crippen LogP contribution is 2.23. The third kappa shape index (κ3) is 4.29. The van der Waals surface area contributed by atoms with Crippen molar-refractivity contribution in [2.45, 2.75) is 27.4 Å². The van der Waals surface area contributed by atoms with Crippen molar-refractivity contribution in [3.05, 3.63) is 80.8 Å². The second kappa shape index (κ2) is 7.70. The van der Waals surface area contributed by atoms with Crippen LogP contribution in [0.2, 0.25) is 0 Å². The Morgan fingerprint density at radius 1 is 1.08 bits per heavy atom. The van der Waals surface area contributed by atoms with E-state index in [1.807, 2.05) is 44.4 Å². The Kier molecular flexibility index (Phi) is 5.38. The quantitative estimate of drug-likeness (QED) is 0.632. The number of halogens is 1. The maximum atomic E-state index is 13.8. The largest absolute Gasteiger partial charge is 0.489 e. The number of carbonyl (C=O) groups is 1. The normalized spacial score (nSPS) is 10.6. The highest BCUT2D eigenvalue weighted by molar-refractivity contribution is 7.12. The Balaban J connectivity index is 1.66. The molecule has 0 fully saturated rings. The first-order valence-electron chi connectivity index (χ1n) is 8.27. The molecule has 0 unspecified atom stereocenters. The summed E-state index contributed by atoms with van der Waals surface area (Å²) in [6.07, 6.45) is 0. The number of thiophene rings is 1. The summed E-state index contributed by atoms with van der Waals surface area (Å²) in [5, 5.41) is 4.51. The standard InChI is InChI=1S/C21H20FNO2S/c1-13-5-7-17(22)18(8-13)23-21(24)20-10-16(12-26-20)11-25-19-9-14(2)4-6-15(19)3/h4-10,12H,11H2,1-3H3,(H,23,24). The van der Waals surface area contributed by atoms with Crippen molar-refractivity contribution in [2.24, 2.45) is 0 Å². The van der Waals surface area contributed by atoms with E-state index in [-0.39, 0.29) is 11.6 Å². The van der Waals surface area contributed by atoms with E-state index >= 15 is 0 Å². The van der Waals surface area contributed by atoms with Crippen LogP contribution in [0.25, 0.3) is 0 Å². The van der Waals surface area contributed by atoms with Crippen LogP contribution in [0.4, 0.5) is 10.1 Å². The van der Waals surface area contributed by atoms with Crippen molar-refractivity contribution in [3.63, 3.8) is 0 Å². The van der Waals surface area contributed by atoms with Gasteiger partial charge in [0.15, 0.2) is 0 Å². The average Bonchev–Trinajstić information content (AvgIpc) is 3.08. The Bertz CT molecular complexity index is 949. The smallest absolute Gasteiger partial charge is 0.265 e. The highest BCUT2D eigenvalue weighted by Gasteiger charge is 2.12. The van der Waals surface area contributed by atoms with Gasteiger partial charge in [0, 0.05) is 5.56 Å². The summed E-state index contributed by atoms with van der Waals surface area (Å²) in [7, 11) is 0. The average molecular weight is 369 g/mol. The lowest BCUT2D eigenvalue weighted by atomic mass is 10.1. The van der Waals surface area contributed by atoms with Crippen molar-refractivity contribution in [1.82, 2.24) is 0 Å². The second-order valence-corrected chi connectivity index (χ2v) is 7.23. The molecular weight excluding hydrogens is 349 g/mol. The van der Waals surface area contributed by atoms with E-state index in [2.05, 4.69) is 5.32 Å². The van der Waals surface area contributed by atoms with E-state index in [1.165, 1.54) is 17.4 Å². The Morgan fingerprint density at radius 2 is 1.81 bits per heavy atom. The maximum absolute atomic E-state index is 13.8. The van der Waals surface area contributed by atoms with E-state index < -0.39 is 5.82 Å². The van der Waals surface area contributed by atoms with Crippen LogP contribution < -0.4 is 10.1 Å². The van der Waals surface area contributed by atoms with Gasteiger partial charge in [-0.2, -0.15) is 0 Å². The van der Waals surface area contributed by atoms with Gasteiger partial charge in [-0.3, -0.25) is 4.79 Å². The van der Waals surface area contributed by atoms with Crippen LogP contribution in [0.15, 0.2) is 47.8 Å². The number of hydrogen-bond donors (Lipinski definition) is 1. The number of rotatable bonds is 5. The molecule has 0 aliphatic rings. The van der Waals surface area contributed by atoms with Crippen LogP contribution in [0.3, 0.4) is 0 Å². The SMILES string of the molecule is Cc1ccc(F)c(NC(=O)c2cc(COc3cc(C)ccc3C)cs2)c1. The Labute approximate surface area is 156 Å². The Morgan fingerprint density at radius 3 is 2.62 bits per heavy atom. The summed E-state index contributed by atoms with van der Waals surface area (Å²) >= 11 is 1.31. The minimum Gasteiger partial charge on any atom is -0.489 e. The van der Waals surface area contributed by atoms with Crippen molar-refractivity contribution < 1.29 is 13.9 Å². The van der Waals surface area contributed by atoms with E-state index in [0.29, 0.717) is 11.5 Å². The first-order valence-corrected chi connectivity index (χ1v) is 9.15. The van der Waals surface area contributed by atoms with Crippen LogP contribution >= 0.6 is 11.3 Å². The van der Waals surface area contributed by atoms with Crippen molar-refractivity contribution >= 4 is 22.9 Å². The van der Waals surface area contributed by atoms with Crippen LogP contribution in [0.5, 0.6) is 5.75 Å². The first kappa shape index (κ1) is 18.1. The molecular formula is C21H20FNO2S. The van der Waals surface area contributed by atoms with E-state index in [4.69, 9.17) is 4.74 Å². The number of hydrogen-bond acceptors (Lipinski definition) is 3. The molecule has 5 heteroatoms. The molecule has 2 aromatic carbocycles. The van der Waals surface area contributed by atoms with Gasteiger partial charge in [0.05, 0.1) is 10.6 Å². The van der Waals surface area contributed by atoms with Gasteiger partial charge in [-0.1, -0.05) is 18.2 Å². The van der Waals surface area contributed by atoms with E-state index in [1.54, 1.807) is 18.2 Å². The predicted molar refractivity (Wildman–Crippen MR) is 104 cm³/mol. The molecule has 0 aliphatic carbocycles. The number of anilines is 1. The van der Waals surface area contributed by atoms with E-state index in [9.17, 15) is 9.18 Å². The zero-order valence-corrected chi connectivity index (χ0v) is 15.7. The van der Waals surface area contributed by atoms with Gasteiger partial charge in [0.2, 0.25) is 0 Å². The topological polar surface area (TPSA) is 38.3 Å². The zero-order valence-electron chi connectivity index (χ0n) is 14.9. The fourth-order valence-electron chi connectivity index (χ4n) is 2.51. The monoisotopic (exact) mass is 369 g/mol. The zero-order chi connectivity index (χ0) is 18.7. The second-order valence-electron chi connectivity index (χ2n) is 6.31. The lowest BCUT2D eigenvalue weighted by Gasteiger charge is -2.09.